The maximum absolute atomic E-state index is 14.7. The highest BCUT2D eigenvalue weighted by Gasteiger charge is 2.94. The largest absolute Gasteiger partial charge is 0.365 e. The number of piperazine rings is 1. The Labute approximate surface area is 220 Å². The molecule has 38 heavy (non-hydrogen) atoms. The molecule has 2 unspecified atom stereocenters. The van der Waals surface area contributed by atoms with Gasteiger partial charge < -0.3 is 14.7 Å². The first kappa shape index (κ1) is 24.7. The van der Waals surface area contributed by atoms with Gasteiger partial charge >= 0.3 is 0 Å². The molecule has 6 aliphatic rings. The Balaban J connectivity index is 1.10. The molecule has 2 saturated carbocycles. The number of fused-ring (bicyclic) bond motifs is 4. The van der Waals surface area contributed by atoms with Gasteiger partial charge in [-0.15, -0.1) is 0 Å². The van der Waals surface area contributed by atoms with Crippen molar-refractivity contribution >= 4 is 17.4 Å². The molecule has 5 heterocycles. The molecule has 1 aromatic rings. The molecule has 2 atom stereocenters. The highest BCUT2D eigenvalue weighted by atomic mass is 19.3. The minimum atomic E-state index is -2.67. The lowest BCUT2D eigenvalue weighted by atomic mass is 9.89. The van der Waals surface area contributed by atoms with E-state index in [1.54, 1.807) is 0 Å². The number of amides is 1. The first-order valence-corrected chi connectivity index (χ1v) is 14.1. The number of anilines is 2. The lowest BCUT2D eigenvalue weighted by molar-refractivity contribution is -0.128. The molecule has 7 rings (SSSR count). The van der Waals surface area contributed by atoms with E-state index < -0.39 is 23.2 Å². The third-order valence-corrected chi connectivity index (χ3v) is 10.8. The normalized spacial score (nSPS) is 30.5. The van der Waals surface area contributed by atoms with Gasteiger partial charge in [-0.3, -0.25) is 9.69 Å². The van der Waals surface area contributed by atoms with Crippen molar-refractivity contribution in [3.05, 3.63) is 30.0 Å². The van der Waals surface area contributed by atoms with Gasteiger partial charge in [0.15, 0.2) is 0 Å². The summed E-state index contributed by atoms with van der Waals surface area (Å²) in [6.07, 6.45) is 3.03. The Morgan fingerprint density at radius 1 is 1.03 bits per heavy atom. The number of alkyl halides is 4. The second-order valence-corrected chi connectivity index (χ2v) is 12.1. The molecule has 0 aromatic carbocycles. The summed E-state index contributed by atoms with van der Waals surface area (Å²) in [7, 11) is 0. The van der Waals surface area contributed by atoms with Crippen molar-refractivity contribution in [1.29, 1.82) is 0 Å². The number of piperidine rings is 1. The molecule has 2 spiro atoms. The van der Waals surface area contributed by atoms with E-state index in [9.17, 15) is 22.4 Å². The van der Waals surface area contributed by atoms with Crippen LogP contribution < -0.4 is 9.80 Å². The first-order chi connectivity index (χ1) is 18.2. The van der Waals surface area contributed by atoms with Gasteiger partial charge in [0.05, 0.1) is 0 Å². The molecule has 3 saturated heterocycles. The average Bonchev–Trinajstić information content (AvgIpc) is 3.79. The minimum absolute atomic E-state index is 0.0378. The van der Waals surface area contributed by atoms with Gasteiger partial charge in [0.1, 0.15) is 11.5 Å². The summed E-state index contributed by atoms with van der Waals surface area (Å²) in [4.78, 5) is 24.9. The van der Waals surface area contributed by atoms with Crippen molar-refractivity contribution in [2.75, 3.05) is 55.6 Å². The molecule has 6 nitrogen and oxygen atoms in total. The Morgan fingerprint density at radius 3 is 2.32 bits per heavy atom. The van der Waals surface area contributed by atoms with Crippen LogP contribution in [0.25, 0.3) is 0 Å². The van der Waals surface area contributed by atoms with Gasteiger partial charge in [-0.1, -0.05) is 6.58 Å². The van der Waals surface area contributed by atoms with Gasteiger partial charge in [-0.05, 0) is 51.0 Å². The molecule has 5 fully saturated rings. The third kappa shape index (κ3) is 3.21. The first-order valence-electron chi connectivity index (χ1n) is 14.1. The molecule has 1 amide bonds. The molecule has 0 radical (unpaired) electrons. The topological polar surface area (TPSA) is 42.9 Å². The van der Waals surface area contributed by atoms with Crippen LogP contribution in [0.5, 0.6) is 0 Å². The second-order valence-electron chi connectivity index (χ2n) is 12.1. The zero-order valence-electron chi connectivity index (χ0n) is 21.6. The maximum atomic E-state index is 14.7. The van der Waals surface area contributed by atoms with Crippen molar-refractivity contribution < 1.29 is 22.4 Å². The van der Waals surface area contributed by atoms with E-state index in [0.29, 0.717) is 75.7 Å². The summed E-state index contributed by atoms with van der Waals surface area (Å²) >= 11 is 0. The van der Waals surface area contributed by atoms with Crippen LogP contribution in [0.1, 0.15) is 56.2 Å². The number of carbonyl (C=O) groups is 1. The van der Waals surface area contributed by atoms with Crippen LogP contribution in [-0.2, 0) is 11.2 Å². The van der Waals surface area contributed by atoms with Gasteiger partial charge in [-0.2, -0.15) is 0 Å². The van der Waals surface area contributed by atoms with Crippen molar-refractivity contribution in [1.82, 2.24) is 14.8 Å². The van der Waals surface area contributed by atoms with Crippen LogP contribution in [0.4, 0.5) is 29.1 Å². The number of nitrogens with zero attached hydrogens (tertiary/aromatic N) is 5. The summed E-state index contributed by atoms with van der Waals surface area (Å²) in [6.45, 7) is 8.16. The van der Waals surface area contributed by atoms with E-state index in [1.807, 2.05) is 15.9 Å². The Hall–Kier alpha value is -2.36. The standard InChI is InChI=1S/C28H35F4N5O/c1-2-23(38)36-14-12-34(13-15-36)21-17-37-19(21)5-3-4-18-20(37)16-22(33-24(18)25(29)30)35-10-8-27(9-11-35)26(6-7-26)28(27,31)32/h2,16,19,21,25H,1,3-15,17H2. The van der Waals surface area contributed by atoms with Crippen LogP contribution in [-0.4, -0.2) is 84.5 Å². The predicted octanol–water partition coefficient (Wildman–Crippen LogP) is 4.26. The van der Waals surface area contributed by atoms with Crippen molar-refractivity contribution in [2.45, 2.75) is 69.4 Å². The van der Waals surface area contributed by atoms with Crippen LogP contribution in [0, 0.1) is 10.8 Å². The van der Waals surface area contributed by atoms with Gasteiger partial charge in [0.25, 0.3) is 12.3 Å². The summed E-state index contributed by atoms with van der Waals surface area (Å²) in [5.41, 5.74) is -0.311. The Morgan fingerprint density at radius 2 is 1.71 bits per heavy atom. The second kappa shape index (κ2) is 8.32. The quantitative estimate of drug-likeness (QED) is 0.428. The van der Waals surface area contributed by atoms with E-state index in [1.165, 1.54) is 6.08 Å². The number of carbonyl (C=O) groups excluding carboxylic acids is 1. The summed E-state index contributed by atoms with van der Waals surface area (Å²) < 4.78 is 57.9. The molecular weight excluding hydrogens is 498 g/mol. The van der Waals surface area contributed by atoms with E-state index in [-0.39, 0.29) is 17.6 Å². The van der Waals surface area contributed by atoms with E-state index >= 15 is 0 Å². The molecule has 0 N–H and O–H groups in total. The maximum Gasteiger partial charge on any atom is 0.280 e. The number of aromatic nitrogens is 1. The number of pyridine rings is 1. The average molecular weight is 534 g/mol. The van der Waals surface area contributed by atoms with E-state index in [4.69, 9.17) is 0 Å². The third-order valence-electron chi connectivity index (χ3n) is 10.8. The number of hydrogen-bond donors (Lipinski definition) is 0. The summed E-state index contributed by atoms with van der Waals surface area (Å²) in [5.74, 6) is -2.11. The predicted molar refractivity (Wildman–Crippen MR) is 136 cm³/mol. The smallest absolute Gasteiger partial charge is 0.280 e. The fraction of sp³-hybridized carbons (Fsp3) is 0.714. The Bertz CT molecular complexity index is 1150. The molecule has 2 aliphatic carbocycles. The van der Waals surface area contributed by atoms with E-state index in [2.05, 4.69) is 21.4 Å². The number of hydrogen-bond acceptors (Lipinski definition) is 5. The fourth-order valence-electron chi connectivity index (χ4n) is 8.39. The molecule has 1 aromatic heterocycles. The number of rotatable bonds is 4. The van der Waals surface area contributed by atoms with Crippen molar-refractivity contribution in [2.24, 2.45) is 10.8 Å². The molecule has 0 bridgehead atoms. The van der Waals surface area contributed by atoms with Gasteiger partial charge in [-0.25, -0.2) is 22.5 Å². The highest BCUT2D eigenvalue weighted by molar-refractivity contribution is 5.87. The highest BCUT2D eigenvalue weighted by Crippen LogP contribution is 2.89. The van der Waals surface area contributed by atoms with Crippen molar-refractivity contribution in [3.8, 4) is 0 Å². The molecule has 206 valence electrons. The fourth-order valence-corrected chi connectivity index (χ4v) is 8.39. The van der Waals surface area contributed by atoms with Crippen LogP contribution in [0.15, 0.2) is 18.7 Å². The molecule has 10 heteroatoms. The molecular formula is C28H35F4N5O. The van der Waals surface area contributed by atoms with Crippen molar-refractivity contribution in [3.63, 3.8) is 0 Å². The van der Waals surface area contributed by atoms with Gasteiger partial charge in [0.2, 0.25) is 5.91 Å². The van der Waals surface area contributed by atoms with Crippen LogP contribution in [0.2, 0.25) is 0 Å². The zero-order chi connectivity index (χ0) is 26.4. The lowest BCUT2D eigenvalue weighted by Crippen LogP contribution is -2.69. The van der Waals surface area contributed by atoms with E-state index in [0.717, 1.165) is 38.2 Å². The van der Waals surface area contributed by atoms with Gasteiger partial charge in [0, 0.05) is 86.0 Å². The minimum Gasteiger partial charge on any atom is -0.365 e. The Kier molecular flexibility index (Phi) is 5.40. The number of halogens is 4. The monoisotopic (exact) mass is 533 g/mol. The van der Waals surface area contributed by atoms with Crippen LogP contribution >= 0.6 is 0 Å². The molecule has 4 aliphatic heterocycles. The zero-order valence-corrected chi connectivity index (χ0v) is 21.6. The lowest BCUT2D eigenvalue weighted by Gasteiger charge is -2.55. The summed E-state index contributed by atoms with van der Waals surface area (Å²) in [6, 6.07) is 2.52. The SMILES string of the molecule is C=CC(=O)N1CCN(C2CN3c4cc(N5CCC6(CC5)C(F)(F)C65CC5)nc(C(F)F)c4CCCC23)CC1. The van der Waals surface area contributed by atoms with Crippen LogP contribution in [0.3, 0.4) is 0 Å². The summed E-state index contributed by atoms with van der Waals surface area (Å²) in [5, 5.41) is 0.